The number of nitrogens with one attached hydrogen (secondary N) is 1. The number of carbonyl (C=O) groups excluding carboxylic acids is 1. The van der Waals surface area contributed by atoms with E-state index in [9.17, 15) is 4.79 Å². The lowest BCUT2D eigenvalue weighted by Gasteiger charge is -2.43. The van der Waals surface area contributed by atoms with Crippen molar-refractivity contribution in [3.63, 3.8) is 0 Å². The number of allylic oxidation sites excluding steroid dienone is 1. The monoisotopic (exact) mass is 385 g/mol. The molecule has 2 aliphatic rings. The Kier molecular flexibility index (Phi) is 4.37. The molecular formula is C22H21Cl2NO. The average Bonchev–Trinajstić information content (AvgIpc) is 2.90. The van der Waals surface area contributed by atoms with Crippen LogP contribution in [0.15, 0.2) is 60.2 Å². The van der Waals surface area contributed by atoms with Crippen molar-refractivity contribution >= 4 is 29.1 Å². The Morgan fingerprint density at radius 3 is 2.08 bits per heavy atom. The van der Waals surface area contributed by atoms with Gasteiger partial charge in [-0.2, -0.15) is 0 Å². The summed E-state index contributed by atoms with van der Waals surface area (Å²) in [6.07, 6.45) is 2.17. The first-order valence-electron chi connectivity index (χ1n) is 8.89. The molecule has 0 saturated carbocycles. The SMILES string of the molecule is CC1=C[C@@]2(C)C(=O)NC[C@H]2[C@@H](c2ccc(Cl)cc2)[C@@H]1c1ccc(Cl)cc1. The highest BCUT2D eigenvalue weighted by Crippen LogP contribution is 2.55. The summed E-state index contributed by atoms with van der Waals surface area (Å²) in [5.41, 5.74) is 3.19. The molecule has 0 radical (unpaired) electrons. The maximum atomic E-state index is 12.6. The van der Waals surface area contributed by atoms with Gasteiger partial charge in [0.2, 0.25) is 5.91 Å². The molecular weight excluding hydrogens is 365 g/mol. The maximum absolute atomic E-state index is 12.6. The molecule has 1 saturated heterocycles. The second-order valence-electron chi connectivity index (χ2n) is 7.59. The third kappa shape index (κ3) is 2.76. The second-order valence-corrected chi connectivity index (χ2v) is 8.47. The predicted octanol–water partition coefficient (Wildman–Crippen LogP) is 5.57. The Morgan fingerprint density at radius 1 is 0.962 bits per heavy atom. The summed E-state index contributed by atoms with van der Waals surface area (Å²) in [5, 5.41) is 4.54. The van der Waals surface area contributed by atoms with Gasteiger partial charge in [0.1, 0.15) is 0 Å². The van der Waals surface area contributed by atoms with Gasteiger partial charge in [0.25, 0.3) is 0 Å². The minimum absolute atomic E-state index is 0.121. The first kappa shape index (κ1) is 17.6. The molecule has 1 fully saturated rings. The molecule has 0 aromatic heterocycles. The summed E-state index contributed by atoms with van der Waals surface area (Å²) < 4.78 is 0. The van der Waals surface area contributed by atoms with Crippen LogP contribution in [-0.2, 0) is 4.79 Å². The van der Waals surface area contributed by atoms with Crippen LogP contribution in [0, 0.1) is 11.3 Å². The number of carbonyl (C=O) groups is 1. The van der Waals surface area contributed by atoms with Crippen LogP contribution in [0.2, 0.25) is 10.0 Å². The van der Waals surface area contributed by atoms with Gasteiger partial charge in [-0.05, 0) is 49.2 Å². The zero-order valence-electron chi connectivity index (χ0n) is 14.8. The summed E-state index contributed by atoms with van der Waals surface area (Å²) in [6.45, 7) is 4.89. The first-order chi connectivity index (χ1) is 12.4. The zero-order chi connectivity index (χ0) is 18.5. The van der Waals surface area contributed by atoms with Crippen LogP contribution < -0.4 is 5.32 Å². The van der Waals surface area contributed by atoms with Crippen molar-refractivity contribution in [2.24, 2.45) is 11.3 Å². The summed E-state index contributed by atoms with van der Waals surface area (Å²) in [5.74, 6) is 0.720. The van der Waals surface area contributed by atoms with Crippen LogP contribution in [0.1, 0.15) is 36.8 Å². The molecule has 2 aromatic carbocycles. The van der Waals surface area contributed by atoms with Gasteiger partial charge in [-0.25, -0.2) is 0 Å². The van der Waals surface area contributed by atoms with E-state index in [2.05, 4.69) is 49.5 Å². The van der Waals surface area contributed by atoms with E-state index >= 15 is 0 Å². The highest BCUT2D eigenvalue weighted by Gasteiger charge is 2.53. The molecule has 1 amide bonds. The maximum Gasteiger partial charge on any atom is 0.230 e. The van der Waals surface area contributed by atoms with Crippen molar-refractivity contribution in [3.8, 4) is 0 Å². The fourth-order valence-electron chi connectivity index (χ4n) is 4.77. The third-order valence-electron chi connectivity index (χ3n) is 6.04. The third-order valence-corrected chi connectivity index (χ3v) is 6.54. The average molecular weight is 386 g/mol. The molecule has 134 valence electrons. The van der Waals surface area contributed by atoms with E-state index in [4.69, 9.17) is 23.2 Å². The molecule has 0 spiro atoms. The number of amides is 1. The van der Waals surface area contributed by atoms with Crippen LogP contribution in [0.25, 0.3) is 0 Å². The van der Waals surface area contributed by atoms with E-state index in [1.807, 2.05) is 24.3 Å². The topological polar surface area (TPSA) is 29.1 Å². The smallest absolute Gasteiger partial charge is 0.230 e. The highest BCUT2D eigenvalue weighted by molar-refractivity contribution is 6.30. The minimum atomic E-state index is -0.475. The van der Waals surface area contributed by atoms with Gasteiger partial charge in [0, 0.05) is 34.3 Å². The lowest BCUT2D eigenvalue weighted by Crippen LogP contribution is -2.39. The molecule has 26 heavy (non-hydrogen) atoms. The van der Waals surface area contributed by atoms with Crippen molar-refractivity contribution in [2.75, 3.05) is 6.54 Å². The minimum Gasteiger partial charge on any atom is -0.355 e. The largest absolute Gasteiger partial charge is 0.355 e. The van der Waals surface area contributed by atoms with Gasteiger partial charge in [0.05, 0.1) is 5.41 Å². The highest BCUT2D eigenvalue weighted by atomic mass is 35.5. The van der Waals surface area contributed by atoms with Crippen LogP contribution in [0.4, 0.5) is 0 Å². The van der Waals surface area contributed by atoms with E-state index in [-0.39, 0.29) is 23.7 Å². The van der Waals surface area contributed by atoms with Crippen LogP contribution in [-0.4, -0.2) is 12.5 Å². The molecule has 4 atom stereocenters. The molecule has 1 aliphatic carbocycles. The lowest BCUT2D eigenvalue weighted by atomic mass is 9.58. The standard InChI is InChI=1S/C22H21Cl2NO/c1-13-11-22(2)18(12-25-21(22)26)20(15-5-9-17(24)10-6-15)19(13)14-3-7-16(23)8-4-14/h3-11,18-20H,12H2,1-2H3,(H,25,26)/t18-,19-,20+,22+/m0/s1. The zero-order valence-corrected chi connectivity index (χ0v) is 16.3. The number of halogens is 2. The van der Waals surface area contributed by atoms with Crippen molar-refractivity contribution in [2.45, 2.75) is 25.7 Å². The van der Waals surface area contributed by atoms with E-state index < -0.39 is 5.41 Å². The van der Waals surface area contributed by atoms with Gasteiger partial charge >= 0.3 is 0 Å². The van der Waals surface area contributed by atoms with Crippen LogP contribution in [0.5, 0.6) is 0 Å². The number of fused-ring (bicyclic) bond motifs is 1. The fourth-order valence-corrected chi connectivity index (χ4v) is 5.03. The van der Waals surface area contributed by atoms with Gasteiger partial charge in [0.15, 0.2) is 0 Å². The molecule has 1 N–H and O–H groups in total. The quantitative estimate of drug-likeness (QED) is 0.672. The van der Waals surface area contributed by atoms with Crippen LogP contribution >= 0.6 is 23.2 Å². The molecule has 4 heteroatoms. The summed E-state index contributed by atoms with van der Waals surface area (Å²) in [4.78, 5) is 12.6. The number of hydrogen-bond acceptors (Lipinski definition) is 1. The number of hydrogen-bond donors (Lipinski definition) is 1. The van der Waals surface area contributed by atoms with Gasteiger partial charge < -0.3 is 5.32 Å². The number of rotatable bonds is 2. The number of benzene rings is 2. The summed E-state index contributed by atoms with van der Waals surface area (Å²) >= 11 is 12.2. The van der Waals surface area contributed by atoms with E-state index in [1.165, 1.54) is 16.7 Å². The van der Waals surface area contributed by atoms with Crippen LogP contribution in [0.3, 0.4) is 0 Å². The van der Waals surface area contributed by atoms with E-state index in [0.717, 1.165) is 10.0 Å². The fraction of sp³-hybridized carbons (Fsp3) is 0.318. The molecule has 2 nitrogen and oxygen atoms in total. The second kappa shape index (κ2) is 6.44. The first-order valence-corrected chi connectivity index (χ1v) is 9.64. The normalized spacial score (nSPS) is 30.5. The molecule has 2 aromatic rings. The van der Waals surface area contributed by atoms with Gasteiger partial charge in [-0.15, -0.1) is 0 Å². The predicted molar refractivity (Wildman–Crippen MR) is 107 cm³/mol. The Labute approximate surface area is 164 Å². The lowest BCUT2D eigenvalue weighted by molar-refractivity contribution is -0.126. The molecule has 0 unspecified atom stereocenters. The Morgan fingerprint density at radius 2 is 1.50 bits per heavy atom. The molecule has 1 aliphatic heterocycles. The van der Waals surface area contributed by atoms with E-state index in [0.29, 0.717) is 6.54 Å². The summed E-state index contributed by atoms with van der Waals surface area (Å²) in [6, 6.07) is 16.1. The van der Waals surface area contributed by atoms with Gasteiger partial charge in [-0.1, -0.05) is 59.1 Å². The van der Waals surface area contributed by atoms with Crippen molar-refractivity contribution in [3.05, 3.63) is 81.4 Å². The Hall–Kier alpha value is -1.77. The van der Waals surface area contributed by atoms with Gasteiger partial charge in [-0.3, -0.25) is 4.79 Å². The Balaban J connectivity index is 1.89. The Bertz CT molecular complexity index is 872. The van der Waals surface area contributed by atoms with E-state index in [1.54, 1.807) is 0 Å². The molecule has 4 rings (SSSR count). The van der Waals surface area contributed by atoms with Crippen molar-refractivity contribution < 1.29 is 4.79 Å². The summed E-state index contributed by atoms with van der Waals surface area (Å²) in [7, 11) is 0. The molecule has 1 heterocycles. The van der Waals surface area contributed by atoms with Crippen molar-refractivity contribution in [1.82, 2.24) is 5.32 Å². The van der Waals surface area contributed by atoms with Crippen molar-refractivity contribution in [1.29, 1.82) is 0 Å². The molecule has 0 bridgehead atoms.